The molecule has 3 rings (SSSR count). The van der Waals surface area contributed by atoms with Gasteiger partial charge in [-0.1, -0.05) is 12.2 Å². The summed E-state index contributed by atoms with van der Waals surface area (Å²) in [5.41, 5.74) is 6.83. The number of nitrogens with two attached hydrogens (primary N) is 1. The summed E-state index contributed by atoms with van der Waals surface area (Å²) in [7, 11) is -4.66. The number of nitrogen functional groups attached to an aromatic ring is 1. The fourth-order valence-corrected chi connectivity index (χ4v) is 2.65. The molecular formula is C11H12N5Na2O4P. The molecule has 1 aliphatic carbocycles. The number of anilines is 1. The minimum atomic E-state index is -4.66. The average molecular weight is 355 g/mol. The maximum atomic E-state index is 10.6. The Morgan fingerprint density at radius 1 is 1.30 bits per heavy atom. The van der Waals surface area contributed by atoms with E-state index in [4.69, 9.17) is 10.5 Å². The van der Waals surface area contributed by atoms with E-state index in [1.54, 1.807) is 17.0 Å². The van der Waals surface area contributed by atoms with Crippen LogP contribution in [0.2, 0.25) is 0 Å². The van der Waals surface area contributed by atoms with Crippen LogP contribution in [0.1, 0.15) is 12.5 Å². The van der Waals surface area contributed by atoms with Crippen molar-refractivity contribution >= 4 is 24.6 Å². The van der Waals surface area contributed by atoms with E-state index in [0.29, 0.717) is 23.4 Å². The first-order valence-corrected chi connectivity index (χ1v) is 7.91. The summed E-state index contributed by atoms with van der Waals surface area (Å²) in [5.74, 6) is 0.298. The molecule has 12 heteroatoms. The summed E-state index contributed by atoms with van der Waals surface area (Å²) < 4.78 is 17.5. The summed E-state index contributed by atoms with van der Waals surface area (Å²) >= 11 is 0. The Balaban J connectivity index is 0.00000132. The van der Waals surface area contributed by atoms with Crippen LogP contribution in [0, 0.1) is 0 Å². The molecule has 2 atom stereocenters. The van der Waals surface area contributed by atoms with E-state index in [1.807, 2.05) is 6.08 Å². The Hall–Kier alpha value is 0.200. The molecule has 0 unspecified atom stereocenters. The van der Waals surface area contributed by atoms with E-state index in [-0.39, 0.29) is 65.2 Å². The topological polar surface area (TPSA) is 142 Å². The predicted molar refractivity (Wildman–Crippen MR) is 69.9 cm³/mol. The van der Waals surface area contributed by atoms with E-state index in [2.05, 4.69) is 15.0 Å². The molecule has 0 aromatic carbocycles. The minimum absolute atomic E-state index is 0. The number of imidazole rings is 1. The molecule has 9 nitrogen and oxygen atoms in total. The van der Waals surface area contributed by atoms with E-state index in [9.17, 15) is 14.4 Å². The van der Waals surface area contributed by atoms with Gasteiger partial charge in [0.1, 0.15) is 11.8 Å². The van der Waals surface area contributed by atoms with Crippen LogP contribution in [0.15, 0.2) is 24.8 Å². The van der Waals surface area contributed by atoms with Crippen molar-refractivity contribution in [1.82, 2.24) is 19.5 Å². The smallest absolute Gasteiger partial charge is 0.809 e. The van der Waals surface area contributed by atoms with Crippen molar-refractivity contribution in [2.45, 2.75) is 18.6 Å². The van der Waals surface area contributed by atoms with Gasteiger partial charge in [0.15, 0.2) is 11.5 Å². The number of rotatable bonds is 4. The van der Waals surface area contributed by atoms with Crippen LogP contribution >= 0.6 is 7.60 Å². The first-order chi connectivity index (χ1) is 9.94. The summed E-state index contributed by atoms with van der Waals surface area (Å²) in [5, 5.41) is 0. The third kappa shape index (κ3) is 5.09. The van der Waals surface area contributed by atoms with Crippen LogP contribution in [0.4, 0.5) is 5.82 Å². The summed E-state index contributed by atoms with van der Waals surface area (Å²) in [6.07, 6.45) is 5.78. The number of fused-ring (bicyclic) bond motifs is 1. The van der Waals surface area contributed by atoms with Crippen LogP contribution in [-0.2, 0) is 9.30 Å². The first kappa shape index (κ1) is 21.2. The SMILES string of the molecule is Nc1ncnc2c1ncn2[C@H]1C=C[C@@H](OCP(=O)([O-])[O-])C1.[Na+].[Na+]. The molecule has 2 N–H and O–H groups in total. The standard InChI is InChI=1S/C11H14N5O4P.2Na/c12-10-9-11(14-4-13-10)16(5-15-9)7-1-2-8(3-7)20-6-21(17,18)19;;/h1-2,4-5,7-8H,3,6H2,(H2,12,13,14)(H2,17,18,19);;/q;2*+1/p-2/t7-,8+;;/m0../s1. The van der Waals surface area contributed by atoms with Crippen molar-refractivity contribution in [2.24, 2.45) is 0 Å². The Bertz CT molecular complexity index is 749. The van der Waals surface area contributed by atoms with Gasteiger partial charge in [-0.3, -0.25) is 0 Å². The van der Waals surface area contributed by atoms with Gasteiger partial charge in [-0.25, -0.2) is 15.0 Å². The number of aromatic nitrogens is 4. The molecule has 1 aliphatic rings. The maximum Gasteiger partial charge on any atom is 1.00 e. The zero-order valence-corrected chi connectivity index (χ0v) is 17.7. The molecular weight excluding hydrogens is 343 g/mol. The average Bonchev–Trinajstić information content (AvgIpc) is 3.02. The normalized spacial score (nSPS) is 20.3. The predicted octanol–water partition coefficient (Wildman–Crippen LogP) is -6.83. The van der Waals surface area contributed by atoms with Gasteiger partial charge in [-0.15, -0.1) is 0 Å². The first-order valence-electron chi connectivity index (χ1n) is 6.18. The van der Waals surface area contributed by atoms with Crippen molar-refractivity contribution in [3.8, 4) is 0 Å². The monoisotopic (exact) mass is 355 g/mol. The van der Waals surface area contributed by atoms with Gasteiger partial charge in [0.05, 0.1) is 24.8 Å². The van der Waals surface area contributed by atoms with Gasteiger partial charge < -0.3 is 29.4 Å². The quantitative estimate of drug-likeness (QED) is 0.324. The molecule has 23 heavy (non-hydrogen) atoms. The van der Waals surface area contributed by atoms with E-state index < -0.39 is 20.0 Å². The zero-order valence-electron chi connectivity index (χ0n) is 12.8. The van der Waals surface area contributed by atoms with Gasteiger partial charge >= 0.3 is 59.1 Å². The molecule has 2 heterocycles. The number of hydrogen-bond acceptors (Lipinski definition) is 8. The second kappa shape index (κ2) is 8.53. The Kier molecular flexibility index (Phi) is 7.88. The maximum absolute atomic E-state index is 10.6. The van der Waals surface area contributed by atoms with E-state index in [1.165, 1.54) is 6.33 Å². The largest absolute Gasteiger partial charge is 1.00 e. The van der Waals surface area contributed by atoms with Crippen LogP contribution in [-0.4, -0.2) is 32.0 Å². The second-order valence-corrected chi connectivity index (χ2v) is 6.20. The van der Waals surface area contributed by atoms with Gasteiger partial charge in [-0.05, 0) is 7.60 Å². The number of nitrogens with zero attached hydrogens (tertiary/aromatic N) is 4. The Morgan fingerprint density at radius 3 is 2.74 bits per heavy atom. The van der Waals surface area contributed by atoms with E-state index >= 15 is 0 Å². The molecule has 2 aromatic heterocycles. The van der Waals surface area contributed by atoms with Gasteiger partial charge in [0.2, 0.25) is 0 Å². The Labute approximate surface area is 176 Å². The third-order valence-electron chi connectivity index (χ3n) is 3.21. The summed E-state index contributed by atoms with van der Waals surface area (Å²) in [6, 6.07) is -0.0908. The molecule has 2 aromatic rings. The number of ether oxygens (including phenoxy) is 1. The summed E-state index contributed by atoms with van der Waals surface area (Å²) in [6.45, 7) is 0. The third-order valence-corrected chi connectivity index (χ3v) is 3.68. The zero-order chi connectivity index (χ0) is 15.0. The molecule has 0 amide bonds. The fourth-order valence-electron chi connectivity index (χ4n) is 2.28. The van der Waals surface area contributed by atoms with Gasteiger partial charge in [0, 0.05) is 6.42 Å². The molecule has 0 aliphatic heterocycles. The number of allylic oxidation sites excluding steroid dienone is 1. The van der Waals surface area contributed by atoms with Crippen LogP contribution < -0.4 is 74.6 Å². The van der Waals surface area contributed by atoms with Crippen molar-refractivity contribution in [3.63, 3.8) is 0 Å². The molecule has 0 saturated carbocycles. The van der Waals surface area contributed by atoms with Crippen LogP contribution in [0.3, 0.4) is 0 Å². The molecule has 0 saturated heterocycles. The van der Waals surface area contributed by atoms with Gasteiger partial charge in [-0.2, -0.15) is 0 Å². The van der Waals surface area contributed by atoms with Crippen LogP contribution in [0.5, 0.6) is 0 Å². The van der Waals surface area contributed by atoms with Crippen molar-refractivity contribution < 1.29 is 78.2 Å². The molecule has 0 fully saturated rings. The minimum Gasteiger partial charge on any atom is -0.809 e. The van der Waals surface area contributed by atoms with E-state index in [0.717, 1.165) is 0 Å². The van der Waals surface area contributed by atoms with Crippen molar-refractivity contribution in [2.75, 3.05) is 12.1 Å². The second-order valence-electron chi connectivity index (χ2n) is 4.72. The summed E-state index contributed by atoms with van der Waals surface area (Å²) in [4.78, 5) is 33.4. The number of hydrogen-bond donors (Lipinski definition) is 1. The molecule has 0 spiro atoms. The molecule has 0 radical (unpaired) electrons. The van der Waals surface area contributed by atoms with Crippen LogP contribution in [0.25, 0.3) is 11.2 Å². The van der Waals surface area contributed by atoms with Crippen molar-refractivity contribution in [3.05, 3.63) is 24.8 Å². The molecule has 0 bridgehead atoms. The fraction of sp³-hybridized carbons (Fsp3) is 0.364. The van der Waals surface area contributed by atoms with Gasteiger partial charge in [0.25, 0.3) is 0 Å². The van der Waals surface area contributed by atoms with Crippen molar-refractivity contribution in [1.29, 1.82) is 0 Å². The molecule has 112 valence electrons. The Morgan fingerprint density at radius 2 is 2.04 bits per heavy atom.